The molecular formula is C29H30N4O3S. The Bertz CT molecular complexity index is 1480. The first-order chi connectivity index (χ1) is 17.9. The normalized spacial score (nSPS) is 14.5. The number of aromatic nitrogens is 3. The number of nitrogens with zero attached hydrogens (tertiary/aromatic N) is 4. The number of fused-ring (bicyclic) bond motifs is 3. The molecule has 0 spiro atoms. The summed E-state index contributed by atoms with van der Waals surface area (Å²) >= 11 is 1.66. The number of carboxylic acids is 1. The van der Waals surface area contributed by atoms with E-state index in [1.807, 2.05) is 23.6 Å². The molecule has 37 heavy (non-hydrogen) atoms. The van der Waals surface area contributed by atoms with Crippen LogP contribution in [-0.2, 0) is 4.79 Å². The Hall–Kier alpha value is -3.78. The Morgan fingerprint density at radius 2 is 1.81 bits per heavy atom. The quantitative estimate of drug-likeness (QED) is 0.272. The first-order valence-electron chi connectivity index (χ1n) is 12.5. The van der Waals surface area contributed by atoms with E-state index in [4.69, 9.17) is 9.73 Å². The summed E-state index contributed by atoms with van der Waals surface area (Å²) in [6, 6.07) is 15.8. The van der Waals surface area contributed by atoms with Crippen molar-refractivity contribution in [3.8, 4) is 21.9 Å². The average molecular weight is 515 g/mol. The minimum atomic E-state index is -0.921. The summed E-state index contributed by atoms with van der Waals surface area (Å²) in [5.74, 6) is 1.23. The van der Waals surface area contributed by atoms with Crippen LogP contribution in [0.3, 0.4) is 0 Å². The molecular weight excluding hydrogens is 484 g/mol. The van der Waals surface area contributed by atoms with Gasteiger partial charge >= 0.3 is 5.97 Å². The lowest BCUT2D eigenvalue weighted by molar-refractivity contribution is -0.137. The molecule has 7 nitrogen and oxygen atoms in total. The third-order valence-electron chi connectivity index (χ3n) is 6.70. The molecule has 0 amide bonds. The molecule has 0 radical (unpaired) electrons. The van der Waals surface area contributed by atoms with E-state index in [1.165, 1.54) is 4.88 Å². The number of carboxylic acid groups (broad SMARTS) is 1. The van der Waals surface area contributed by atoms with Gasteiger partial charge in [0.1, 0.15) is 22.6 Å². The first kappa shape index (κ1) is 24.9. The maximum atomic E-state index is 11.7. The van der Waals surface area contributed by atoms with Gasteiger partial charge in [0.05, 0.1) is 18.7 Å². The molecule has 190 valence electrons. The molecule has 0 aliphatic carbocycles. The highest BCUT2D eigenvalue weighted by Gasteiger charge is 2.32. The van der Waals surface area contributed by atoms with E-state index in [9.17, 15) is 9.90 Å². The van der Waals surface area contributed by atoms with Gasteiger partial charge in [0, 0.05) is 16.0 Å². The number of unbranched alkanes of at least 4 members (excludes halogenated alkanes) is 1. The highest BCUT2D eigenvalue weighted by atomic mass is 32.1. The Labute approximate surface area is 220 Å². The summed E-state index contributed by atoms with van der Waals surface area (Å²) in [7, 11) is 0. The predicted octanol–water partition coefficient (Wildman–Crippen LogP) is 6.47. The summed E-state index contributed by atoms with van der Waals surface area (Å²) in [6.07, 6.45) is 1.97. The second-order valence-corrected chi connectivity index (χ2v) is 10.5. The van der Waals surface area contributed by atoms with Crippen LogP contribution in [0.2, 0.25) is 0 Å². The molecule has 3 heterocycles. The molecule has 1 aliphatic heterocycles. The number of aliphatic imine (C=N–C) groups is 1. The van der Waals surface area contributed by atoms with Gasteiger partial charge in [0.15, 0.2) is 5.82 Å². The minimum absolute atomic E-state index is 0.155. The van der Waals surface area contributed by atoms with E-state index in [0.717, 1.165) is 62.9 Å². The fourth-order valence-electron chi connectivity index (χ4n) is 4.61. The molecule has 0 saturated heterocycles. The first-order valence-corrected chi connectivity index (χ1v) is 13.3. The lowest BCUT2D eigenvalue weighted by Crippen LogP contribution is -2.10. The van der Waals surface area contributed by atoms with Crippen LogP contribution in [0.4, 0.5) is 0 Å². The van der Waals surface area contributed by atoms with Crippen molar-refractivity contribution in [2.75, 3.05) is 6.61 Å². The summed E-state index contributed by atoms with van der Waals surface area (Å²) < 4.78 is 7.87. The van der Waals surface area contributed by atoms with Crippen molar-refractivity contribution in [2.24, 2.45) is 4.99 Å². The van der Waals surface area contributed by atoms with Crippen molar-refractivity contribution in [3.05, 3.63) is 81.7 Å². The third kappa shape index (κ3) is 4.81. The number of hydrogen-bond acceptors (Lipinski definition) is 6. The van der Waals surface area contributed by atoms with Crippen LogP contribution in [-0.4, -0.2) is 38.2 Å². The van der Waals surface area contributed by atoms with Crippen LogP contribution in [0.25, 0.3) is 16.1 Å². The number of aliphatic carboxylic acids is 1. The van der Waals surface area contributed by atoms with Crippen molar-refractivity contribution in [1.29, 1.82) is 0 Å². The molecule has 1 atom stereocenters. The topological polar surface area (TPSA) is 89.6 Å². The van der Waals surface area contributed by atoms with Gasteiger partial charge in [0.25, 0.3) is 0 Å². The second-order valence-electron chi connectivity index (χ2n) is 9.30. The molecule has 2 aromatic carbocycles. The van der Waals surface area contributed by atoms with E-state index in [1.54, 1.807) is 11.3 Å². The second kappa shape index (κ2) is 10.3. The molecule has 1 aliphatic rings. The lowest BCUT2D eigenvalue weighted by Gasteiger charge is -2.12. The molecule has 0 unspecified atom stereocenters. The number of hydrogen-bond donors (Lipinski definition) is 1. The molecule has 0 saturated carbocycles. The van der Waals surface area contributed by atoms with Crippen molar-refractivity contribution < 1.29 is 14.6 Å². The number of thiophene rings is 1. The van der Waals surface area contributed by atoms with E-state index in [0.29, 0.717) is 12.4 Å². The van der Waals surface area contributed by atoms with Crippen molar-refractivity contribution in [2.45, 2.75) is 53.0 Å². The van der Waals surface area contributed by atoms with Gasteiger partial charge in [-0.05, 0) is 56.0 Å². The summed E-state index contributed by atoms with van der Waals surface area (Å²) in [6.45, 7) is 8.94. The van der Waals surface area contributed by atoms with Crippen LogP contribution in [0.1, 0.15) is 65.4 Å². The van der Waals surface area contributed by atoms with E-state index >= 15 is 0 Å². The zero-order chi connectivity index (χ0) is 26.1. The molecule has 2 aromatic heterocycles. The monoisotopic (exact) mass is 514 g/mol. The van der Waals surface area contributed by atoms with Crippen molar-refractivity contribution >= 4 is 23.0 Å². The van der Waals surface area contributed by atoms with Crippen LogP contribution >= 0.6 is 11.3 Å². The van der Waals surface area contributed by atoms with Crippen molar-refractivity contribution in [1.82, 2.24) is 14.8 Å². The van der Waals surface area contributed by atoms with E-state index < -0.39 is 12.0 Å². The molecule has 8 heteroatoms. The van der Waals surface area contributed by atoms with Gasteiger partial charge in [-0.15, -0.1) is 21.5 Å². The van der Waals surface area contributed by atoms with Crippen molar-refractivity contribution in [3.63, 3.8) is 0 Å². The van der Waals surface area contributed by atoms with E-state index in [-0.39, 0.29) is 6.42 Å². The Kier molecular flexibility index (Phi) is 6.93. The van der Waals surface area contributed by atoms with Gasteiger partial charge in [0.2, 0.25) is 0 Å². The minimum Gasteiger partial charge on any atom is -0.494 e. The van der Waals surface area contributed by atoms with Crippen LogP contribution in [0.15, 0.2) is 53.5 Å². The van der Waals surface area contributed by atoms with Crippen LogP contribution in [0.5, 0.6) is 5.75 Å². The SMILES string of the molecule is CCCCOc1cccc(-c2ccc(C3=N[C@@H](CC(=O)O)c4nnc(C)n4-c4sc(C)c(C)c43)cc2)c1. The number of rotatable bonds is 8. The number of ether oxygens (including phenoxy) is 1. The Balaban J connectivity index is 1.57. The predicted molar refractivity (Wildman–Crippen MR) is 146 cm³/mol. The van der Waals surface area contributed by atoms with Gasteiger partial charge in [-0.2, -0.15) is 0 Å². The van der Waals surface area contributed by atoms with Gasteiger partial charge in [-0.1, -0.05) is 49.7 Å². The largest absolute Gasteiger partial charge is 0.494 e. The average Bonchev–Trinajstić information content (AvgIpc) is 3.36. The standard InChI is InChI=1S/C29H30N4O3S/c1-5-6-14-36-23-9-7-8-22(15-23)20-10-12-21(13-11-20)27-26-17(2)18(3)37-29(26)33-19(4)31-32-28(33)24(30-27)16-25(34)35/h7-13,15,24H,5-6,14,16H2,1-4H3,(H,34,35)/t24-/m0/s1. The third-order valence-corrected chi connectivity index (χ3v) is 7.89. The number of carbonyl (C=O) groups is 1. The lowest BCUT2D eigenvalue weighted by atomic mass is 9.97. The van der Waals surface area contributed by atoms with Crippen LogP contribution < -0.4 is 4.74 Å². The zero-order valence-corrected chi connectivity index (χ0v) is 22.3. The van der Waals surface area contributed by atoms with Crippen LogP contribution in [0, 0.1) is 20.8 Å². The maximum absolute atomic E-state index is 11.7. The summed E-state index contributed by atoms with van der Waals surface area (Å²) in [5, 5.41) is 19.2. The maximum Gasteiger partial charge on any atom is 0.306 e. The Morgan fingerprint density at radius 1 is 1.05 bits per heavy atom. The summed E-state index contributed by atoms with van der Waals surface area (Å²) in [5.41, 5.74) is 6.03. The highest BCUT2D eigenvalue weighted by Crippen LogP contribution is 2.39. The highest BCUT2D eigenvalue weighted by molar-refractivity contribution is 7.15. The van der Waals surface area contributed by atoms with Gasteiger partial charge in [-0.3, -0.25) is 14.4 Å². The molecule has 4 aromatic rings. The smallest absolute Gasteiger partial charge is 0.306 e. The molecule has 0 bridgehead atoms. The molecule has 0 fully saturated rings. The molecule has 1 N–H and O–H groups in total. The summed E-state index contributed by atoms with van der Waals surface area (Å²) in [4.78, 5) is 17.9. The Morgan fingerprint density at radius 3 is 2.54 bits per heavy atom. The fraction of sp³-hybridized carbons (Fsp3) is 0.310. The van der Waals surface area contributed by atoms with Gasteiger partial charge < -0.3 is 9.84 Å². The molecule has 5 rings (SSSR count). The fourth-order valence-corrected chi connectivity index (χ4v) is 5.82. The number of aryl methyl sites for hydroxylation is 2. The number of benzene rings is 2. The van der Waals surface area contributed by atoms with E-state index in [2.05, 4.69) is 67.4 Å². The van der Waals surface area contributed by atoms with Gasteiger partial charge in [-0.25, -0.2) is 0 Å². The zero-order valence-electron chi connectivity index (χ0n) is 21.5.